The molecule has 8 heteroatoms. The van der Waals surface area contributed by atoms with Crippen molar-refractivity contribution >= 4 is 21.9 Å². The molecule has 0 aromatic rings. The zero-order valence-corrected chi connectivity index (χ0v) is 14.9. The Labute approximate surface area is 143 Å². The minimum absolute atomic E-state index is 0.000779. The summed E-state index contributed by atoms with van der Waals surface area (Å²) in [6.07, 6.45) is 5.11. The van der Waals surface area contributed by atoms with Gasteiger partial charge in [0, 0.05) is 31.6 Å². The van der Waals surface area contributed by atoms with Gasteiger partial charge >= 0.3 is 5.97 Å². The fourth-order valence-corrected chi connectivity index (χ4v) is 6.83. The lowest BCUT2D eigenvalue weighted by molar-refractivity contribution is -0.142. The third-order valence-corrected chi connectivity index (χ3v) is 7.81. The SMILES string of the molecule is CC(=O)N1CCCCC1CCS(=O)(=O)N1C2CCC1C(C(=O)O)C2. The maximum Gasteiger partial charge on any atom is 0.308 e. The Morgan fingerprint density at radius 3 is 2.54 bits per heavy atom. The van der Waals surface area contributed by atoms with E-state index in [9.17, 15) is 23.1 Å². The lowest BCUT2D eigenvalue weighted by atomic mass is 9.89. The van der Waals surface area contributed by atoms with Crippen LogP contribution in [0.2, 0.25) is 0 Å². The zero-order valence-electron chi connectivity index (χ0n) is 14.1. The van der Waals surface area contributed by atoms with Gasteiger partial charge in [0.05, 0.1) is 11.7 Å². The van der Waals surface area contributed by atoms with Crippen molar-refractivity contribution in [1.82, 2.24) is 9.21 Å². The van der Waals surface area contributed by atoms with E-state index in [0.717, 1.165) is 25.7 Å². The fourth-order valence-electron chi connectivity index (χ4n) is 4.74. The van der Waals surface area contributed by atoms with Crippen molar-refractivity contribution in [3.63, 3.8) is 0 Å². The molecule has 4 unspecified atom stereocenters. The maximum absolute atomic E-state index is 12.8. The number of carboxylic acids is 1. The molecule has 0 aromatic heterocycles. The molecule has 3 fully saturated rings. The summed E-state index contributed by atoms with van der Waals surface area (Å²) in [7, 11) is -3.48. The molecule has 0 saturated carbocycles. The summed E-state index contributed by atoms with van der Waals surface area (Å²) in [5, 5.41) is 9.28. The van der Waals surface area contributed by atoms with Gasteiger partial charge in [-0.1, -0.05) is 0 Å². The van der Waals surface area contributed by atoms with E-state index < -0.39 is 21.9 Å². The van der Waals surface area contributed by atoms with Crippen LogP contribution in [0.5, 0.6) is 0 Å². The number of rotatable bonds is 5. The van der Waals surface area contributed by atoms with Gasteiger partial charge in [-0.2, -0.15) is 4.31 Å². The number of amides is 1. The second-order valence-electron chi connectivity index (χ2n) is 7.28. The van der Waals surface area contributed by atoms with E-state index >= 15 is 0 Å². The molecule has 3 heterocycles. The summed E-state index contributed by atoms with van der Waals surface area (Å²) < 4.78 is 27.1. The molecule has 3 saturated heterocycles. The average molecular weight is 358 g/mol. The highest BCUT2D eigenvalue weighted by molar-refractivity contribution is 7.89. The van der Waals surface area contributed by atoms with E-state index in [4.69, 9.17) is 0 Å². The largest absolute Gasteiger partial charge is 0.481 e. The van der Waals surface area contributed by atoms with Crippen LogP contribution in [0.1, 0.15) is 51.9 Å². The highest BCUT2D eigenvalue weighted by Crippen LogP contribution is 2.43. The molecule has 4 atom stereocenters. The molecule has 3 aliphatic heterocycles. The summed E-state index contributed by atoms with van der Waals surface area (Å²) in [6.45, 7) is 2.24. The highest BCUT2D eigenvalue weighted by atomic mass is 32.2. The number of aliphatic carboxylic acids is 1. The van der Waals surface area contributed by atoms with Crippen molar-refractivity contribution in [3.05, 3.63) is 0 Å². The summed E-state index contributed by atoms with van der Waals surface area (Å²) in [5.74, 6) is -1.45. The minimum atomic E-state index is -3.48. The van der Waals surface area contributed by atoms with Gasteiger partial charge in [0.1, 0.15) is 0 Å². The van der Waals surface area contributed by atoms with Crippen molar-refractivity contribution in [2.45, 2.75) is 70.0 Å². The number of carbonyl (C=O) groups excluding carboxylic acids is 1. The number of piperidine rings is 1. The summed E-state index contributed by atoms with van der Waals surface area (Å²) in [5.41, 5.74) is 0. The zero-order chi connectivity index (χ0) is 17.5. The van der Waals surface area contributed by atoms with Crippen LogP contribution in [0.4, 0.5) is 0 Å². The first kappa shape index (κ1) is 17.7. The standard InChI is InChI=1S/C16H26N2O5S/c1-11(19)17-8-3-2-4-12(17)7-9-24(22,23)18-13-5-6-15(18)14(10-13)16(20)21/h12-15H,2-10H2,1H3,(H,20,21). The van der Waals surface area contributed by atoms with Crippen LogP contribution in [0.15, 0.2) is 0 Å². The molecular weight excluding hydrogens is 332 g/mol. The molecular formula is C16H26N2O5S. The topological polar surface area (TPSA) is 95.0 Å². The normalized spacial score (nSPS) is 33.8. The van der Waals surface area contributed by atoms with Crippen molar-refractivity contribution in [2.24, 2.45) is 5.92 Å². The van der Waals surface area contributed by atoms with Crippen LogP contribution in [-0.2, 0) is 19.6 Å². The number of carbonyl (C=O) groups is 2. The van der Waals surface area contributed by atoms with Crippen molar-refractivity contribution < 1.29 is 23.1 Å². The Morgan fingerprint density at radius 2 is 1.92 bits per heavy atom. The second kappa shape index (κ2) is 6.63. The predicted octanol–water partition coefficient (Wildman–Crippen LogP) is 1.04. The highest BCUT2D eigenvalue weighted by Gasteiger charge is 2.53. The van der Waals surface area contributed by atoms with Crippen LogP contribution in [0, 0.1) is 5.92 Å². The molecule has 1 N–H and O–H groups in total. The molecule has 0 radical (unpaired) electrons. The van der Waals surface area contributed by atoms with Gasteiger partial charge < -0.3 is 10.0 Å². The first-order chi connectivity index (χ1) is 11.3. The number of hydrogen-bond donors (Lipinski definition) is 1. The first-order valence-corrected chi connectivity index (χ1v) is 10.4. The van der Waals surface area contributed by atoms with Gasteiger partial charge in [-0.15, -0.1) is 0 Å². The Morgan fingerprint density at radius 1 is 1.17 bits per heavy atom. The molecule has 136 valence electrons. The number of hydrogen-bond acceptors (Lipinski definition) is 4. The van der Waals surface area contributed by atoms with Gasteiger partial charge in [0.15, 0.2) is 0 Å². The van der Waals surface area contributed by atoms with Crippen LogP contribution < -0.4 is 0 Å². The molecule has 0 aromatic carbocycles. The first-order valence-electron chi connectivity index (χ1n) is 8.82. The lowest BCUT2D eigenvalue weighted by Gasteiger charge is -2.35. The fraction of sp³-hybridized carbons (Fsp3) is 0.875. The third-order valence-electron chi connectivity index (χ3n) is 5.85. The molecule has 0 aliphatic carbocycles. The van der Waals surface area contributed by atoms with Gasteiger partial charge in [0.25, 0.3) is 0 Å². The summed E-state index contributed by atoms with van der Waals surface area (Å²) in [6, 6.07) is -0.550. The van der Waals surface area contributed by atoms with Crippen molar-refractivity contribution in [3.8, 4) is 0 Å². The Hall–Kier alpha value is -1.15. The smallest absolute Gasteiger partial charge is 0.308 e. The maximum atomic E-state index is 12.8. The van der Waals surface area contributed by atoms with Gasteiger partial charge in [-0.25, -0.2) is 8.42 Å². The van der Waals surface area contributed by atoms with Gasteiger partial charge in [0.2, 0.25) is 15.9 Å². The van der Waals surface area contributed by atoms with Crippen LogP contribution in [-0.4, -0.2) is 65.0 Å². The molecule has 24 heavy (non-hydrogen) atoms. The lowest BCUT2D eigenvalue weighted by Crippen LogP contribution is -2.45. The predicted molar refractivity (Wildman–Crippen MR) is 87.8 cm³/mol. The van der Waals surface area contributed by atoms with Crippen LogP contribution >= 0.6 is 0 Å². The molecule has 7 nitrogen and oxygen atoms in total. The summed E-state index contributed by atoms with van der Waals surface area (Å²) in [4.78, 5) is 24.8. The molecule has 2 bridgehead atoms. The van der Waals surface area contributed by atoms with Gasteiger partial charge in [-0.05, 0) is 44.9 Å². The molecule has 3 rings (SSSR count). The van der Waals surface area contributed by atoms with E-state index in [-0.39, 0.29) is 29.8 Å². The van der Waals surface area contributed by atoms with Crippen LogP contribution in [0.3, 0.4) is 0 Å². The van der Waals surface area contributed by atoms with E-state index in [1.54, 1.807) is 4.90 Å². The quantitative estimate of drug-likeness (QED) is 0.792. The van der Waals surface area contributed by atoms with E-state index in [1.807, 2.05) is 0 Å². The van der Waals surface area contributed by atoms with Crippen molar-refractivity contribution in [2.75, 3.05) is 12.3 Å². The van der Waals surface area contributed by atoms with Gasteiger partial charge in [-0.3, -0.25) is 9.59 Å². The molecule has 1 amide bonds. The number of fused-ring (bicyclic) bond motifs is 2. The Balaban J connectivity index is 1.66. The Bertz CT molecular complexity index is 620. The second-order valence-corrected chi connectivity index (χ2v) is 9.27. The third kappa shape index (κ3) is 3.18. The van der Waals surface area contributed by atoms with E-state index in [1.165, 1.54) is 11.2 Å². The van der Waals surface area contributed by atoms with Crippen LogP contribution in [0.25, 0.3) is 0 Å². The average Bonchev–Trinajstić information content (AvgIpc) is 3.12. The van der Waals surface area contributed by atoms with E-state index in [0.29, 0.717) is 25.8 Å². The molecule has 0 spiro atoms. The summed E-state index contributed by atoms with van der Waals surface area (Å²) >= 11 is 0. The Kier molecular flexibility index (Phi) is 4.88. The van der Waals surface area contributed by atoms with Crippen molar-refractivity contribution in [1.29, 1.82) is 0 Å². The number of sulfonamides is 1. The number of nitrogens with zero attached hydrogens (tertiary/aromatic N) is 2. The number of carboxylic acid groups (broad SMARTS) is 1. The van der Waals surface area contributed by atoms with E-state index in [2.05, 4.69) is 0 Å². The monoisotopic (exact) mass is 358 g/mol. The number of likely N-dealkylation sites (tertiary alicyclic amines) is 1. The molecule has 3 aliphatic rings. The minimum Gasteiger partial charge on any atom is -0.481 e.